The highest BCUT2D eigenvalue weighted by molar-refractivity contribution is 5.34. The van der Waals surface area contributed by atoms with Crippen LogP contribution in [0.3, 0.4) is 0 Å². The second-order valence-corrected chi connectivity index (χ2v) is 7.45. The van der Waals surface area contributed by atoms with Crippen molar-refractivity contribution in [1.82, 2.24) is 5.32 Å². The molecule has 0 aliphatic rings. The van der Waals surface area contributed by atoms with E-state index in [1.165, 1.54) is 12.1 Å². The number of nitrogens with zero attached hydrogens (tertiary/aromatic N) is 1. The van der Waals surface area contributed by atoms with E-state index in [9.17, 15) is 20.3 Å². The van der Waals surface area contributed by atoms with Crippen LogP contribution in [0.1, 0.15) is 31.2 Å². The summed E-state index contributed by atoms with van der Waals surface area (Å²) in [6.07, 6.45) is -1.95. The third kappa shape index (κ3) is 7.01. The molecular formula is C21H28N2O6. The van der Waals surface area contributed by atoms with Crippen molar-refractivity contribution in [3.63, 3.8) is 0 Å². The Labute approximate surface area is 170 Å². The highest BCUT2D eigenvalue weighted by atomic mass is 16.7. The molecule has 2 atom stereocenters. The van der Waals surface area contributed by atoms with Crippen molar-refractivity contribution in [2.24, 2.45) is 0 Å². The van der Waals surface area contributed by atoms with Gasteiger partial charge >= 0.3 is 6.23 Å². The first-order chi connectivity index (χ1) is 13.7. The third-order valence-electron chi connectivity index (χ3n) is 4.45. The molecule has 3 N–H and O–H groups in total. The number of nitrogens with one attached hydrogen (secondary N) is 1. The smallest absolute Gasteiger partial charge is 0.343 e. The van der Waals surface area contributed by atoms with E-state index >= 15 is 0 Å². The minimum Gasteiger partial charge on any atom is -0.497 e. The fourth-order valence-corrected chi connectivity index (χ4v) is 2.89. The summed E-state index contributed by atoms with van der Waals surface area (Å²) >= 11 is 0. The molecule has 2 rings (SSSR count). The number of hydrogen-bond acceptors (Lipinski definition) is 7. The number of β-amino-alcohol motifs (C(OH)–C–C–N with tert-alkyl or cyclic N) is 1. The molecular weight excluding hydrogens is 376 g/mol. The maximum Gasteiger partial charge on any atom is 0.343 e. The molecule has 0 amide bonds. The van der Waals surface area contributed by atoms with Gasteiger partial charge in [0.1, 0.15) is 24.2 Å². The highest BCUT2D eigenvalue weighted by Gasteiger charge is 2.24. The van der Waals surface area contributed by atoms with Crippen LogP contribution in [0.15, 0.2) is 48.5 Å². The lowest BCUT2D eigenvalue weighted by Crippen LogP contribution is -2.46. The van der Waals surface area contributed by atoms with Gasteiger partial charge in [-0.25, -0.2) is 0 Å². The van der Waals surface area contributed by atoms with Gasteiger partial charge in [0.2, 0.25) is 0 Å². The zero-order valence-electron chi connectivity index (χ0n) is 16.9. The molecule has 0 aliphatic heterocycles. The molecule has 0 unspecified atom stereocenters. The van der Waals surface area contributed by atoms with Gasteiger partial charge in [0, 0.05) is 12.1 Å². The first-order valence-corrected chi connectivity index (χ1v) is 9.31. The van der Waals surface area contributed by atoms with Crippen molar-refractivity contribution >= 4 is 0 Å². The summed E-state index contributed by atoms with van der Waals surface area (Å²) < 4.78 is 10.7. The molecule has 29 heavy (non-hydrogen) atoms. The molecule has 8 heteroatoms. The summed E-state index contributed by atoms with van der Waals surface area (Å²) in [6, 6.07) is 14.0. The molecule has 8 nitrogen and oxygen atoms in total. The van der Waals surface area contributed by atoms with Crippen LogP contribution in [-0.2, 0) is 6.42 Å². The predicted molar refractivity (Wildman–Crippen MR) is 109 cm³/mol. The minimum absolute atomic E-state index is 0.0532. The van der Waals surface area contributed by atoms with Crippen LogP contribution in [0.4, 0.5) is 0 Å². The van der Waals surface area contributed by atoms with Gasteiger partial charge in [0.25, 0.3) is 0 Å². The second kappa shape index (κ2) is 10.2. The van der Waals surface area contributed by atoms with E-state index < -0.39 is 17.3 Å². The number of hydrogen-bond donors (Lipinski definition) is 3. The van der Waals surface area contributed by atoms with E-state index in [2.05, 4.69) is 5.32 Å². The van der Waals surface area contributed by atoms with Crippen LogP contribution < -0.4 is 14.8 Å². The Morgan fingerprint density at radius 2 is 1.79 bits per heavy atom. The van der Waals surface area contributed by atoms with E-state index in [1.54, 1.807) is 19.2 Å². The summed E-state index contributed by atoms with van der Waals surface area (Å²) in [5.41, 5.74) is 0.921. The Balaban J connectivity index is 1.86. The molecule has 2 aromatic rings. The van der Waals surface area contributed by atoms with Crippen molar-refractivity contribution in [3.05, 3.63) is 69.8 Å². The molecule has 0 heterocycles. The highest BCUT2D eigenvalue weighted by Crippen LogP contribution is 2.25. The number of aliphatic hydroxyl groups excluding tert-OH is 2. The fourth-order valence-electron chi connectivity index (χ4n) is 2.89. The van der Waals surface area contributed by atoms with Crippen molar-refractivity contribution in [2.75, 3.05) is 20.3 Å². The fraction of sp³-hybridized carbons (Fsp3) is 0.429. The summed E-state index contributed by atoms with van der Waals surface area (Å²) in [5.74, 6) is 0.975. The van der Waals surface area contributed by atoms with Gasteiger partial charge < -0.3 is 25.0 Å². The molecule has 0 aliphatic carbocycles. The Hall–Kier alpha value is -2.68. The Kier molecular flexibility index (Phi) is 7.95. The second-order valence-electron chi connectivity index (χ2n) is 7.45. The van der Waals surface area contributed by atoms with Gasteiger partial charge in [-0.1, -0.05) is 24.3 Å². The van der Waals surface area contributed by atoms with Crippen molar-refractivity contribution in [2.45, 2.75) is 38.1 Å². The van der Waals surface area contributed by atoms with E-state index in [0.29, 0.717) is 0 Å². The van der Waals surface area contributed by atoms with Gasteiger partial charge in [-0.3, -0.25) is 10.1 Å². The lowest BCUT2D eigenvalue weighted by atomic mass is 9.94. The van der Waals surface area contributed by atoms with Crippen molar-refractivity contribution in [3.8, 4) is 11.5 Å². The van der Waals surface area contributed by atoms with Crippen molar-refractivity contribution in [1.29, 1.82) is 0 Å². The first kappa shape index (κ1) is 22.6. The standard InChI is InChI=1S/C21H28N2O6/c1-21(2,12-15-8-10-17(28-3)11-9-15)22-13-16(24)14-29-19-7-5-4-6-18(19)20(25)23(26)27/h4-11,16,20,22,24-25H,12-14H2,1-3H3/t16-,20-/m1/s1. The summed E-state index contributed by atoms with van der Waals surface area (Å²) in [5, 5.41) is 34.0. The largest absolute Gasteiger partial charge is 0.497 e. The van der Waals surface area contributed by atoms with E-state index in [0.717, 1.165) is 17.7 Å². The van der Waals surface area contributed by atoms with Gasteiger partial charge in [0.05, 0.1) is 17.6 Å². The number of benzene rings is 2. The van der Waals surface area contributed by atoms with Crippen LogP contribution >= 0.6 is 0 Å². The van der Waals surface area contributed by atoms with Crippen LogP contribution in [0.2, 0.25) is 0 Å². The van der Waals surface area contributed by atoms with Gasteiger partial charge in [-0.2, -0.15) is 0 Å². The maximum atomic E-state index is 10.8. The molecule has 0 saturated heterocycles. The maximum absolute atomic E-state index is 10.8. The molecule has 2 aromatic carbocycles. The minimum atomic E-state index is -1.87. The molecule has 0 spiro atoms. The van der Waals surface area contributed by atoms with Gasteiger partial charge in [0.15, 0.2) is 0 Å². The summed E-state index contributed by atoms with van der Waals surface area (Å²) in [7, 11) is 1.63. The predicted octanol–water partition coefficient (Wildman–Crippen LogP) is 2.31. The first-order valence-electron chi connectivity index (χ1n) is 9.31. The number of ether oxygens (including phenoxy) is 2. The lowest BCUT2D eigenvalue weighted by molar-refractivity contribution is -0.578. The number of rotatable bonds is 11. The Bertz CT molecular complexity index is 794. The molecule has 0 radical (unpaired) electrons. The zero-order chi connectivity index (χ0) is 21.4. The van der Waals surface area contributed by atoms with Crippen LogP contribution in [0.25, 0.3) is 0 Å². The number of aliphatic hydroxyl groups is 2. The van der Waals surface area contributed by atoms with Crippen LogP contribution in [0, 0.1) is 10.1 Å². The lowest BCUT2D eigenvalue weighted by Gasteiger charge is -2.28. The molecule has 158 valence electrons. The van der Waals surface area contributed by atoms with E-state index in [4.69, 9.17) is 9.47 Å². The quantitative estimate of drug-likeness (QED) is 0.299. The van der Waals surface area contributed by atoms with Crippen LogP contribution in [0.5, 0.6) is 11.5 Å². The molecule has 0 fully saturated rings. The monoisotopic (exact) mass is 404 g/mol. The normalized spacial score (nSPS) is 13.6. The molecule has 0 saturated carbocycles. The van der Waals surface area contributed by atoms with Crippen LogP contribution in [-0.4, -0.2) is 47.0 Å². The number of methoxy groups -OCH3 is 1. The summed E-state index contributed by atoms with van der Waals surface area (Å²) in [6.45, 7) is 4.29. The SMILES string of the molecule is COc1ccc(CC(C)(C)NC[C@@H](O)COc2ccccc2[C@@H](O)[N+](=O)[O-])cc1. The van der Waals surface area contributed by atoms with E-state index in [-0.39, 0.29) is 30.0 Å². The van der Waals surface area contributed by atoms with Gasteiger partial charge in [-0.05, 0) is 50.1 Å². The number of para-hydroxylation sites is 1. The Morgan fingerprint density at radius 1 is 1.14 bits per heavy atom. The average Bonchev–Trinajstić information content (AvgIpc) is 2.70. The number of nitro groups is 1. The van der Waals surface area contributed by atoms with Gasteiger partial charge in [-0.15, -0.1) is 0 Å². The topological polar surface area (TPSA) is 114 Å². The van der Waals surface area contributed by atoms with E-state index in [1.807, 2.05) is 38.1 Å². The summed E-state index contributed by atoms with van der Waals surface area (Å²) in [4.78, 5) is 10.0. The Morgan fingerprint density at radius 3 is 2.41 bits per heavy atom. The molecule has 0 aromatic heterocycles. The van der Waals surface area contributed by atoms with Crippen molar-refractivity contribution < 1.29 is 24.6 Å². The molecule has 0 bridgehead atoms. The zero-order valence-corrected chi connectivity index (χ0v) is 16.9. The third-order valence-corrected chi connectivity index (χ3v) is 4.45. The average molecular weight is 404 g/mol.